The summed E-state index contributed by atoms with van der Waals surface area (Å²) in [5, 5.41) is 19.2. The van der Waals surface area contributed by atoms with Crippen molar-refractivity contribution in [2.75, 3.05) is 14.2 Å². The molecule has 0 bridgehead atoms. The third-order valence-corrected chi connectivity index (χ3v) is 6.59. The highest BCUT2D eigenvalue weighted by molar-refractivity contribution is 5.79. The molecule has 0 unspecified atom stereocenters. The molecule has 0 spiro atoms. The van der Waals surface area contributed by atoms with Gasteiger partial charge < -0.3 is 9.47 Å². The van der Waals surface area contributed by atoms with Crippen molar-refractivity contribution in [3.8, 4) is 22.5 Å². The molecule has 10 heteroatoms. The number of tetrazole rings is 1. The summed E-state index contributed by atoms with van der Waals surface area (Å²) in [4.78, 5) is 9.66. The molecule has 1 N–H and O–H groups in total. The van der Waals surface area contributed by atoms with Gasteiger partial charge in [-0.1, -0.05) is 63.4 Å². The lowest BCUT2D eigenvalue weighted by molar-refractivity contribution is -0.226. The Kier molecular flexibility index (Phi) is 9.08. The van der Waals surface area contributed by atoms with E-state index in [-0.39, 0.29) is 0 Å². The normalized spacial score (nSPS) is 11.8. The van der Waals surface area contributed by atoms with Gasteiger partial charge in [0.05, 0.1) is 12.2 Å². The first-order chi connectivity index (χ1) is 18.1. The third-order valence-electron chi connectivity index (χ3n) is 6.59. The standard InChI is InChI=1S/C27H36N8O2/c1-5-7-9-14-24-29-26(27(36-3,37-4)17-8-6-2)32-35(24)19-21-16-15-20(18-28-21)22-12-10-11-13-23(22)25-30-33-34-31-25/h10-13,15-16,18H,5-9,14,17,19H2,1-4H3,(H,30,31,33,34). The van der Waals surface area contributed by atoms with E-state index in [1.807, 2.05) is 41.2 Å². The van der Waals surface area contributed by atoms with Crippen molar-refractivity contribution >= 4 is 0 Å². The molecule has 0 amide bonds. The van der Waals surface area contributed by atoms with Crippen molar-refractivity contribution in [1.82, 2.24) is 40.4 Å². The van der Waals surface area contributed by atoms with Crippen LogP contribution < -0.4 is 0 Å². The highest BCUT2D eigenvalue weighted by Crippen LogP contribution is 2.31. The molecule has 0 saturated heterocycles. The number of hydrogen-bond donors (Lipinski definition) is 1. The number of rotatable bonds is 14. The van der Waals surface area contributed by atoms with E-state index >= 15 is 0 Å². The lowest BCUT2D eigenvalue weighted by Crippen LogP contribution is -2.32. The monoisotopic (exact) mass is 504 g/mol. The zero-order chi connectivity index (χ0) is 26.1. The van der Waals surface area contributed by atoms with E-state index in [1.54, 1.807) is 14.2 Å². The van der Waals surface area contributed by atoms with Gasteiger partial charge in [0.1, 0.15) is 5.82 Å². The zero-order valence-corrected chi connectivity index (χ0v) is 22.1. The average Bonchev–Trinajstić information content (AvgIpc) is 3.62. The number of unbranched alkanes of at least 4 members (excludes halogenated alkanes) is 3. The Bertz CT molecular complexity index is 1230. The van der Waals surface area contributed by atoms with Gasteiger partial charge in [0.15, 0.2) is 5.82 Å². The van der Waals surface area contributed by atoms with Crippen LogP contribution in [-0.4, -0.2) is 54.6 Å². The van der Waals surface area contributed by atoms with Gasteiger partial charge in [0, 0.05) is 44.4 Å². The van der Waals surface area contributed by atoms with Crippen LogP contribution in [0.1, 0.15) is 69.7 Å². The van der Waals surface area contributed by atoms with Crippen LogP contribution >= 0.6 is 0 Å². The molecule has 10 nitrogen and oxygen atoms in total. The summed E-state index contributed by atoms with van der Waals surface area (Å²) >= 11 is 0. The van der Waals surface area contributed by atoms with Gasteiger partial charge in [-0.25, -0.2) is 14.8 Å². The van der Waals surface area contributed by atoms with Gasteiger partial charge in [0.2, 0.25) is 11.6 Å². The van der Waals surface area contributed by atoms with E-state index in [0.29, 0.717) is 24.6 Å². The van der Waals surface area contributed by atoms with Gasteiger partial charge in [-0.15, -0.1) is 10.2 Å². The molecule has 1 aromatic carbocycles. The van der Waals surface area contributed by atoms with Crippen LogP contribution in [0.2, 0.25) is 0 Å². The number of benzene rings is 1. The second kappa shape index (κ2) is 12.6. The number of pyridine rings is 1. The first-order valence-electron chi connectivity index (χ1n) is 13.0. The molecule has 0 radical (unpaired) electrons. The maximum Gasteiger partial charge on any atom is 0.231 e. The Morgan fingerprint density at radius 1 is 0.946 bits per heavy atom. The highest BCUT2D eigenvalue weighted by Gasteiger charge is 2.37. The van der Waals surface area contributed by atoms with Gasteiger partial charge in [-0.2, -0.15) is 0 Å². The van der Waals surface area contributed by atoms with Crippen LogP contribution in [-0.2, 0) is 28.2 Å². The number of H-pyrrole nitrogens is 1. The molecule has 0 aliphatic heterocycles. The summed E-state index contributed by atoms with van der Waals surface area (Å²) in [6.07, 6.45) is 8.74. The fourth-order valence-corrected chi connectivity index (χ4v) is 4.42. The second-order valence-electron chi connectivity index (χ2n) is 9.06. The Balaban J connectivity index is 1.61. The van der Waals surface area contributed by atoms with Crippen molar-refractivity contribution in [1.29, 1.82) is 0 Å². The molecule has 196 valence electrons. The Hall–Kier alpha value is -3.50. The van der Waals surface area contributed by atoms with Crippen molar-refractivity contribution in [3.63, 3.8) is 0 Å². The van der Waals surface area contributed by atoms with Gasteiger partial charge in [-0.3, -0.25) is 4.98 Å². The SMILES string of the molecule is CCCCCc1nc(C(CCCC)(OC)OC)nn1Cc1ccc(-c2ccccc2-c2nnn[nH]2)cn1. The van der Waals surface area contributed by atoms with E-state index in [0.717, 1.165) is 66.7 Å². The van der Waals surface area contributed by atoms with Gasteiger partial charge in [0.25, 0.3) is 0 Å². The van der Waals surface area contributed by atoms with E-state index in [9.17, 15) is 0 Å². The summed E-state index contributed by atoms with van der Waals surface area (Å²) in [6.45, 7) is 4.86. The number of ether oxygens (including phenoxy) is 2. The molecule has 0 saturated carbocycles. The van der Waals surface area contributed by atoms with E-state index in [2.05, 4.69) is 40.5 Å². The average molecular weight is 505 g/mol. The molecular weight excluding hydrogens is 468 g/mol. The molecule has 4 aromatic rings. The molecule has 0 fully saturated rings. The molecule has 0 aliphatic rings. The highest BCUT2D eigenvalue weighted by atomic mass is 16.7. The number of nitrogens with zero attached hydrogens (tertiary/aromatic N) is 7. The van der Waals surface area contributed by atoms with Crippen molar-refractivity contribution in [3.05, 3.63) is 59.9 Å². The smallest absolute Gasteiger partial charge is 0.231 e. The quantitative estimate of drug-likeness (QED) is 0.190. The summed E-state index contributed by atoms with van der Waals surface area (Å²) < 4.78 is 13.6. The lowest BCUT2D eigenvalue weighted by atomic mass is 10.0. The zero-order valence-electron chi connectivity index (χ0n) is 22.1. The fourth-order valence-electron chi connectivity index (χ4n) is 4.42. The summed E-state index contributed by atoms with van der Waals surface area (Å²) in [6, 6.07) is 12.1. The van der Waals surface area contributed by atoms with Gasteiger partial charge >= 0.3 is 0 Å². The number of aromatic amines is 1. The van der Waals surface area contributed by atoms with Gasteiger partial charge in [-0.05, 0) is 34.9 Å². The first kappa shape index (κ1) is 26.6. The van der Waals surface area contributed by atoms with Crippen LogP contribution in [0.25, 0.3) is 22.5 Å². The maximum atomic E-state index is 5.83. The predicted octanol–water partition coefficient (Wildman–Crippen LogP) is 4.94. The van der Waals surface area contributed by atoms with Crippen molar-refractivity contribution in [2.24, 2.45) is 0 Å². The number of hydrogen-bond acceptors (Lipinski definition) is 8. The summed E-state index contributed by atoms with van der Waals surface area (Å²) in [5.41, 5.74) is 3.80. The van der Waals surface area contributed by atoms with Crippen LogP contribution in [0, 0.1) is 0 Å². The molecule has 4 rings (SSSR count). The minimum atomic E-state index is -0.947. The topological polar surface area (TPSA) is 117 Å². The van der Waals surface area contributed by atoms with E-state index in [1.165, 1.54) is 0 Å². The minimum absolute atomic E-state index is 0.514. The van der Waals surface area contributed by atoms with Crippen molar-refractivity contribution in [2.45, 2.75) is 71.1 Å². The lowest BCUT2D eigenvalue weighted by Gasteiger charge is -2.27. The predicted molar refractivity (Wildman–Crippen MR) is 140 cm³/mol. The first-order valence-corrected chi connectivity index (χ1v) is 13.0. The minimum Gasteiger partial charge on any atom is -0.347 e. The van der Waals surface area contributed by atoms with E-state index < -0.39 is 5.79 Å². The molecule has 37 heavy (non-hydrogen) atoms. The number of aryl methyl sites for hydroxylation is 1. The van der Waals surface area contributed by atoms with Crippen molar-refractivity contribution < 1.29 is 9.47 Å². The summed E-state index contributed by atoms with van der Waals surface area (Å²) in [5.74, 6) is 1.17. The van der Waals surface area contributed by atoms with Crippen LogP contribution in [0.4, 0.5) is 0 Å². The molecule has 0 atom stereocenters. The Labute approximate surface area is 217 Å². The number of nitrogens with one attached hydrogen (secondary N) is 1. The largest absolute Gasteiger partial charge is 0.347 e. The molecule has 0 aliphatic carbocycles. The van der Waals surface area contributed by atoms with E-state index in [4.69, 9.17) is 24.5 Å². The number of methoxy groups -OCH3 is 2. The second-order valence-corrected chi connectivity index (χ2v) is 9.06. The Morgan fingerprint density at radius 3 is 2.38 bits per heavy atom. The Morgan fingerprint density at radius 2 is 1.73 bits per heavy atom. The third kappa shape index (κ3) is 6.08. The summed E-state index contributed by atoms with van der Waals surface area (Å²) in [7, 11) is 3.31. The molecule has 3 aromatic heterocycles. The van der Waals surface area contributed by atoms with Crippen LogP contribution in [0.15, 0.2) is 42.6 Å². The maximum absolute atomic E-state index is 5.83. The van der Waals surface area contributed by atoms with Crippen LogP contribution in [0.5, 0.6) is 0 Å². The van der Waals surface area contributed by atoms with Crippen LogP contribution in [0.3, 0.4) is 0 Å². The molecule has 3 heterocycles. The fraction of sp³-hybridized carbons (Fsp3) is 0.481. The number of aromatic nitrogens is 8. The molecular formula is C27H36N8O2.